The third-order valence-corrected chi connectivity index (χ3v) is 12.1. The number of halogens is 4. The standard InChI is InChI=1S/C20H14Cl3N3O3.C13H11ClN2O2.C13H13N3O2/c1-29-12-2-3-13-10(6-12)4-5-26-16(13)9-17(25-20(26)28)24-19(27)18-14(22)7-11(21)8-15(18)23;2*1-18-9-2-3-10-8(6-9)4-5-16-11(10)7-12(14)15-13(16)17/h2-3,6-9H,4-5H2,1H3,(H,24,25,27,28);2-3,6-7H,4-5H2,1H3;2-3,6-7H,4-5H2,1H3,(H2,14,15,17). The molecular weight excluding hydrogens is 918 g/mol. The van der Waals surface area contributed by atoms with Crippen molar-refractivity contribution in [2.45, 2.75) is 38.9 Å². The number of hydrogen-bond acceptors (Lipinski definition) is 11. The number of ether oxygens (including phenoxy) is 3. The molecule has 6 heterocycles. The van der Waals surface area contributed by atoms with Crippen molar-refractivity contribution in [1.82, 2.24) is 28.7 Å². The molecule has 1 amide bonds. The van der Waals surface area contributed by atoms with Gasteiger partial charge in [0.15, 0.2) is 0 Å². The van der Waals surface area contributed by atoms with E-state index in [1.54, 1.807) is 53.2 Å². The highest BCUT2D eigenvalue weighted by atomic mass is 35.5. The first-order chi connectivity index (χ1) is 31.2. The van der Waals surface area contributed by atoms with Crippen molar-refractivity contribution < 1.29 is 19.0 Å². The predicted molar refractivity (Wildman–Crippen MR) is 251 cm³/mol. The van der Waals surface area contributed by atoms with Gasteiger partial charge in [-0.25, -0.2) is 14.4 Å². The van der Waals surface area contributed by atoms with Gasteiger partial charge in [-0.3, -0.25) is 18.5 Å². The third-order valence-electron chi connectivity index (χ3n) is 11.1. The Morgan fingerprint density at radius 3 is 1.45 bits per heavy atom. The topological polar surface area (TPSA) is 187 Å². The zero-order valence-corrected chi connectivity index (χ0v) is 38.0. The molecule has 15 nitrogen and oxygen atoms in total. The molecule has 7 aromatic rings. The van der Waals surface area contributed by atoms with Crippen LogP contribution in [-0.2, 0) is 38.9 Å². The first-order valence-electron chi connectivity index (χ1n) is 20.0. The molecule has 3 aromatic heterocycles. The average Bonchev–Trinajstić information content (AvgIpc) is 3.28. The van der Waals surface area contributed by atoms with Crippen LogP contribution in [0, 0.1) is 0 Å². The van der Waals surface area contributed by atoms with Crippen LogP contribution in [0.25, 0.3) is 33.8 Å². The van der Waals surface area contributed by atoms with Crippen LogP contribution in [0.4, 0.5) is 11.6 Å². The number of carbonyl (C=O) groups is 1. The summed E-state index contributed by atoms with van der Waals surface area (Å²) >= 11 is 24.0. The highest BCUT2D eigenvalue weighted by molar-refractivity contribution is 6.42. The quantitative estimate of drug-likeness (QED) is 0.160. The number of amides is 1. The molecule has 19 heteroatoms. The van der Waals surface area contributed by atoms with Crippen molar-refractivity contribution in [3.8, 4) is 51.0 Å². The molecule has 0 spiro atoms. The summed E-state index contributed by atoms with van der Waals surface area (Å²) in [6.45, 7) is 1.74. The molecule has 0 bridgehead atoms. The lowest BCUT2D eigenvalue weighted by Crippen LogP contribution is -2.29. The van der Waals surface area contributed by atoms with Crippen molar-refractivity contribution in [1.29, 1.82) is 0 Å². The van der Waals surface area contributed by atoms with Gasteiger partial charge in [0.25, 0.3) is 5.91 Å². The van der Waals surface area contributed by atoms with Gasteiger partial charge in [-0.05, 0) is 103 Å². The lowest BCUT2D eigenvalue weighted by Gasteiger charge is -2.22. The van der Waals surface area contributed by atoms with E-state index in [2.05, 4.69) is 20.3 Å². The molecule has 0 fully saturated rings. The van der Waals surface area contributed by atoms with E-state index in [1.807, 2.05) is 54.6 Å². The smallest absolute Gasteiger partial charge is 0.350 e. The summed E-state index contributed by atoms with van der Waals surface area (Å²) in [4.78, 5) is 60.2. The van der Waals surface area contributed by atoms with Crippen LogP contribution in [0.5, 0.6) is 17.2 Å². The summed E-state index contributed by atoms with van der Waals surface area (Å²) < 4.78 is 20.6. The van der Waals surface area contributed by atoms with Gasteiger partial charge in [-0.2, -0.15) is 15.0 Å². The minimum Gasteiger partial charge on any atom is -0.497 e. The van der Waals surface area contributed by atoms with Crippen LogP contribution in [0.3, 0.4) is 0 Å². The number of methoxy groups -OCH3 is 3. The van der Waals surface area contributed by atoms with Crippen LogP contribution in [0.15, 0.2) is 99.3 Å². The molecule has 0 aliphatic carbocycles. The van der Waals surface area contributed by atoms with Gasteiger partial charge in [-0.15, -0.1) is 0 Å². The summed E-state index contributed by atoms with van der Waals surface area (Å²) in [6, 6.07) is 25.3. The second-order valence-corrected chi connectivity index (χ2v) is 16.5. The maximum Gasteiger partial charge on any atom is 0.350 e. The number of fused-ring (bicyclic) bond motifs is 9. The first kappa shape index (κ1) is 44.9. The van der Waals surface area contributed by atoms with Gasteiger partial charge in [0.05, 0.1) is 54.0 Å². The van der Waals surface area contributed by atoms with E-state index >= 15 is 0 Å². The summed E-state index contributed by atoms with van der Waals surface area (Å²) in [5, 5.41) is 3.36. The van der Waals surface area contributed by atoms with Gasteiger partial charge in [0.1, 0.15) is 34.0 Å². The summed E-state index contributed by atoms with van der Waals surface area (Å²) in [6.07, 6.45) is 2.27. The van der Waals surface area contributed by atoms with E-state index in [9.17, 15) is 19.2 Å². The fourth-order valence-corrected chi connectivity index (χ4v) is 9.15. The number of aromatic nitrogens is 6. The van der Waals surface area contributed by atoms with Crippen molar-refractivity contribution in [2.75, 3.05) is 32.4 Å². The SMILES string of the molecule is COc1ccc2c(c1)CCn1c-2cc(Cl)nc1=O.COc1ccc2c(c1)CCn1c-2cc(N)nc1=O.COc1ccc2c(c1)CCn1c-2cc(NC(=O)c2c(Cl)cc(Cl)cc2Cl)nc1=O. The van der Waals surface area contributed by atoms with E-state index in [1.165, 1.54) is 17.7 Å². The molecule has 0 saturated carbocycles. The lowest BCUT2D eigenvalue weighted by atomic mass is 9.97. The van der Waals surface area contributed by atoms with Crippen LogP contribution >= 0.6 is 46.4 Å². The molecule has 0 radical (unpaired) electrons. The number of benzene rings is 4. The van der Waals surface area contributed by atoms with Crippen LogP contribution in [0.1, 0.15) is 27.0 Å². The molecule has 3 N–H and O–H groups in total. The summed E-state index contributed by atoms with van der Waals surface area (Å²) in [5.74, 6) is 2.18. The predicted octanol–water partition coefficient (Wildman–Crippen LogP) is 7.87. The number of aryl methyl sites for hydroxylation is 3. The minimum atomic E-state index is -0.584. The molecule has 0 atom stereocenters. The van der Waals surface area contributed by atoms with Gasteiger partial charge in [-0.1, -0.05) is 46.4 Å². The molecule has 4 aromatic carbocycles. The number of nitrogens with two attached hydrogens (primary N) is 1. The number of carbonyl (C=O) groups excluding carboxylic acids is 1. The van der Waals surface area contributed by atoms with Gasteiger partial charge in [0.2, 0.25) is 0 Å². The maximum atomic E-state index is 12.7. The van der Waals surface area contributed by atoms with E-state index in [0.717, 1.165) is 69.3 Å². The zero-order chi connectivity index (χ0) is 46.1. The van der Waals surface area contributed by atoms with Crippen molar-refractivity contribution in [3.63, 3.8) is 0 Å². The number of anilines is 2. The first-order valence-corrected chi connectivity index (χ1v) is 21.5. The second-order valence-electron chi connectivity index (χ2n) is 14.9. The lowest BCUT2D eigenvalue weighted by molar-refractivity contribution is 0.102. The average molecular weight is 957 g/mol. The molecule has 3 aliphatic heterocycles. The van der Waals surface area contributed by atoms with E-state index in [0.29, 0.717) is 36.8 Å². The Kier molecular flexibility index (Phi) is 13.0. The van der Waals surface area contributed by atoms with E-state index in [-0.39, 0.29) is 43.8 Å². The molecule has 10 rings (SSSR count). The largest absolute Gasteiger partial charge is 0.497 e. The van der Waals surface area contributed by atoms with E-state index in [4.69, 9.17) is 66.3 Å². The molecule has 0 unspecified atom stereocenters. The van der Waals surface area contributed by atoms with Crippen LogP contribution < -0.4 is 42.3 Å². The zero-order valence-electron chi connectivity index (χ0n) is 35.0. The molecule has 332 valence electrons. The molecule has 65 heavy (non-hydrogen) atoms. The fraction of sp³-hybridized carbons (Fsp3) is 0.196. The Balaban J connectivity index is 0.000000139. The molecule has 0 saturated heterocycles. The maximum absolute atomic E-state index is 12.7. The Morgan fingerprint density at radius 1 is 0.569 bits per heavy atom. The van der Waals surface area contributed by atoms with Gasteiger partial charge >= 0.3 is 17.1 Å². The second kappa shape index (κ2) is 18.8. The van der Waals surface area contributed by atoms with Gasteiger partial charge < -0.3 is 25.3 Å². The van der Waals surface area contributed by atoms with Crippen molar-refractivity contribution >= 4 is 63.9 Å². The van der Waals surface area contributed by atoms with Crippen molar-refractivity contribution in [3.05, 3.63) is 159 Å². The van der Waals surface area contributed by atoms with Gasteiger partial charge in [0, 0.05) is 59.5 Å². The van der Waals surface area contributed by atoms with E-state index < -0.39 is 11.6 Å². The highest BCUT2D eigenvalue weighted by Crippen LogP contribution is 2.35. The number of nitrogen functional groups attached to an aromatic ring is 1. The number of nitrogens with one attached hydrogen (secondary N) is 1. The Bertz CT molecular complexity index is 3080. The monoisotopic (exact) mass is 954 g/mol. The van der Waals surface area contributed by atoms with Crippen molar-refractivity contribution in [2.24, 2.45) is 0 Å². The Labute approximate surface area is 390 Å². The fourth-order valence-electron chi connectivity index (χ4n) is 7.99. The Morgan fingerprint density at radius 2 is 0.985 bits per heavy atom. The third kappa shape index (κ3) is 9.31. The molecule has 3 aliphatic rings. The Hall–Kier alpha value is -6.65. The summed E-state index contributed by atoms with van der Waals surface area (Å²) in [7, 11) is 4.89. The van der Waals surface area contributed by atoms with Crippen LogP contribution in [-0.4, -0.2) is 55.9 Å². The number of nitrogens with zero attached hydrogens (tertiary/aromatic N) is 6. The minimum absolute atomic E-state index is 0.0579. The number of hydrogen-bond donors (Lipinski definition) is 2. The normalized spacial score (nSPS) is 12.5. The number of rotatable bonds is 5. The van der Waals surface area contributed by atoms with Crippen LogP contribution in [0.2, 0.25) is 20.2 Å². The molecular formula is C46H38Cl4N8O7. The highest BCUT2D eigenvalue weighted by Gasteiger charge is 2.23. The summed E-state index contributed by atoms with van der Waals surface area (Å²) in [5.41, 5.74) is 13.3.